The van der Waals surface area contributed by atoms with Crippen LogP contribution in [0.1, 0.15) is 61.5 Å². The van der Waals surface area contributed by atoms with E-state index < -0.39 is 0 Å². The summed E-state index contributed by atoms with van der Waals surface area (Å²) in [4.78, 5) is 0. The van der Waals surface area contributed by atoms with E-state index in [-0.39, 0.29) is 0 Å². The first-order valence-corrected chi connectivity index (χ1v) is 6.04. The van der Waals surface area contributed by atoms with E-state index in [2.05, 4.69) is 24.3 Å². The molecule has 2 aliphatic rings. The molecule has 0 radical (unpaired) electrons. The molecule has 0 nitrogen and oxygen atoms in total. The van der Waals surface area contributed by atoms with Gasteiger partial charge in [0.05, 0.1) is 0 Å². The van der Waals surface area contributed by atoms with Crippen LogP contribution < -0.4 is 0 Å². The highest BCUT2D eigenvalue weighted by Gasteiger charge is 2.27. The zero-order valence-electron chi connectivity index (χ0n) is 8.71. The minimum Gasteiger partial charge on any atom is -0.0620 e. The van der Waals surface area contributed by atoms with E-state index >= 15 is 0 Å². The van der Waals surface area contributed by atoms with E-state index in [1.54, 1.807) is 11.1 Å². The fourth-order valence-electron chi connectivity index (χ4n) is 3.39. The lowest BCUT2D eigenvalue weighted by molar-refractivity contribution is 0.452. The maximum atomic E-state index is 2.38. The molecule has 0 aliphatic heterocycles. The van der Waals surface area contributed by atoms with Gasteiger partial charge in [-0.25, -0.2) is 0 Å². The van der Waals surface area contributed by atoms with Crippen molar-refractivity contribution in [1.29, 1.82) is 0 Å². The molecule has 2 aliphatic carbocycles. The SMILES string of the molecule is c1ccc2c(c1)C1CCCC2CCC1. The van der Waals surface area contributed by atoms with Gasteiger partial charge < -0.3 is 0 Å². The van der Waals surface area contributed by atoms with Gasteiger partial charge in [-0.3, -0.25) is 0 Å². The molecule has 14 heavy (non-hydrogen) atoms. The third-order valence-corrected chi connectivity index (χ3v) is 4.09. The Labute approximate surface area is 86.3 Å². The molecule has 0 spiro atoms. The van der Waals surface area contributed by atoms with Crippen molar-refractivity contribution in [3.8, 4) is 0 Å². The zero-order valence-corrected chi connectivity index (χ0v) is 8.71. The smallest absolute Gasteiger partial charge is 0.0159 e. The van der Waals surface area contributed by atoms with Gasteiger partial charge in [-0.05, 0) is 48.6 Å². The normalized spacial score (nSPS) is 30.6. The molecule has 0 atom stereocenters. The van der Waals surface area contributed by atoms with Crippen LogP contribution in [0.4, 0.5) is 0 Å². The lowest BCUT2D eigenvalue weighted by Crippen LogP contribution is -1.97. The Morgan fingerprint density at radius 1 is 0.714 bits per heavy atom. The van der Waals surface area contributed by atoms with Crippen LogP contribution in [-0.4, -0.2) is 0 Å². The first-order chi connectivity index (χ1) is 6.95. The molecule has 74 valence electrons. The molecule has 0 amide bonds. The first kappa shape index (κ1) is 8.52. The van der Waals surface area contributed by atoms with E-state index in [1.807, 2.05) is 0 Å². The van der Waals surface area contributed by atoms with Gasteiger partial charge in [0.2, 0.25) is 0 Å². The monoisotopic (exact) mass is 186 g/mol. The lowest BCUT2D eigenvalue weighted by Gasteiger charge is -2.15. The van der Waals surface area contributed by atoms with Crippen LogP contribution in [0.3, 0.4) is 0 Å². The van der Waals surface area contributed by atoms with Gasteiger partial charge in [0, 0.05) is 0 Å². The summed E-state index contributed by atoms with van der Waals surface area (Å²) in [6.07, 6.45) is 8.65. The standard InChI is InChI=1S/C14H18/c1-2-10-14-12-7-3-5-11(6-4-8-12)13(14)9-1/h1-2,9-12H,3-8H2. The highest BCUT2D eigenvalue weighted by molar-refractivity contribution is 5.35. The molecule has 0 fully saturated rings. The summed E-state index contributed by atoms with van der Waals surface area (Å²) in [5.74, 6) is 1.78. The molecule has 0 saturated heterocycles. The predicted molar refractivity (Wildman–Crippen MR) is 59.6 cm³/mol. The summed E-state index contributed by atoms with van der Waals surface area (Å²) in [7, 11) is 0. The molecule has 0 N–H and O–H groups in total. The Morgan fingerprint density at radius 3 is 1.57 bits per heavy atom. The topological polar surface area (TPSA) is 0 Å². The molecule has 0 heterocycles. The Balaban J connectivity index is 2.13. The molecule has 0 heteroatoms. The first-order valence-electron chi connectivity index (χ1n) is 6.04. The van der Waals surface area contributed by atoms with Crippen molar-refractivity contribution in [2.75, 3.05) is 0 Å². The van der Waals surface area contributed by atoms with Gasteiger partial charge >= 0.3 is 0 Å². The third-order valence-electron chi connectivity index (χ3n) is 4.09. The van der Waals surface area contributed by atoms with E-state index in [1.165, 1.54) is 38.5 Å². The summed E-state index contributed by atoms with van der Waals surface area (Å²) in [6, 6.07) is 9.20. The van der Waals surface area contributed by atoms with Crippen molar-refractivity contribution < 1.29 is 0 Å². The summed E-state index contributed by atoms with van der Waals surface area (Å²) in [6.45, 7) is 0. The molecule has 0 aromatic heterocycles. The van der Waals surface area contributed by atoms with E-state index in [0.717, 1.165) is 11.8 Å². The van der Waals surface area contributed by atoms with Crippen LogP contribution in [0, 0.1) is 0 Å². The minimum absolute atomic E-state index is 0.888. The molecule has 0 saturated carbocycles. The van der Waals surface area contributed by atoms with Gasteiger partial charge in [-0.15, -0.1) is 0 Å². The van der Waals surface area contributed by atoms with Crippen LogP contribution in [-0.2, 0) is 0 Å². The van der Waals surface area contributed by atoms with Gasteiger partial charge in [0.1, 0.15) is 0 Å². The summed E-state index contributed by atoms with van der Waals surface area (Å²) in [5.41, 5.74) is 3.38. The van der Waals surface area contributed by atoms with Crippen LogP contribution in [0.5, 0.6) is 0 Å². The van der Waals surface area contributed by atoms with Crippen molar-refractivity contribution in [1.82, 2.24) is 0 Å². The largest absolute Gasteiger partial charge is 0.0620 e. The Kier molecular flexibility index (Phi) is 2.08. The van der Waals surface area contributed by atoms with Crippen molar-refractivity contribution in [3.63, 3.8) is 0 Å². The summed E-state index contributed by atoms with van der Waals surface area (Å²) in [5, 5.41) is 0. The number of hydrogen-bond acceptors (Lipinski definition) is 0. The average molecular weight is 186 g/mol. The number of rotatable bonds is 0. The van der Waals surface area contributed by atoms with Gasteiger partial charge in [0.15, 0.2) is 0 Å². The summed E-state index contributed by atoms with van der Waals surface area (Å²) >= 11 is 0. The second kappa shape index (κ2) is 3.42. The molecule has 3 rings (SSSR count). The molecular weight excluding hydrogens is 168 g/mol. The van der Waals surface area contributed by atoms with Crippen LogP contribution in [0.15, 0.2) is 24.3 Å². The second-order valence-electron chi connectivity index (χ2n) is 4.88. The quantitative estimate of drug-likeness (QED) is 0.569. The van der Waals surface area contributed by atoms with Crippen LogP contribution in [0.2, 0.25) is 0 Å². The van der Waals surface area contributed by atoms with Gasteiger partial charge in [0.25, 0.3) is 0 Å². The lowest BCUT2D eigenvalue weighted by atomic mass is 9.90. The van der Waals surface area contributed by atoms with Crippen molar-refractivity contribution in [2.45, 2.75) is 50.4 Å². The van der Waals surface area contributed by atoms with Crippen LogP contribution >= 0.6 is 0 Å². The van der Waals surface area contributed by atoms with Crippen LogP contribution in [0.25, 0.3) is 0 Å². The van der Waals surface area contributed by atoms with Gasteiger partial charge in [-0.2, -0.15) is 0 Å². The van der Waals surface area contributed by atoms with Gasteiger partial charge in [-0.1, -0.05) is 37.1 Å². The molecule has 1 aromatic rings. The van der Waals surface area contributed by atoms with Crippen molar-refractivity contribution >= 4 is 0 Å². The second-order valence-corrected chi connectivity index (χ2v) is 4.88. The minimum atomic E-state index is 0.888. The highest BCUT2D eigenvalue weighted by Crippen LogP contribution is 2.44. The maximum absolute atomic E-state index is 2.38. The van der Waals surface area contributed by atoms with E-state index in [4.69, 9.17) is 0 Å². The Hall–Kier alpha value is -0.780. The highest BCUT2D eigenvalue weighted by atomic mass is 14.3. The number of benzene rings is 1. The van der Waals surface area contributed by atoms with Crippen molar-refractivity contribution in [3.05, 3.63) is 35.4 Å². The molecule has 1 aromatic carbocycles. The molecule has 0 unspecified atom stereocenters. The summed E-state index contributed by atoms with van der Waals surface area (Å²) < 4.78 is 0. The molecular formula is C14H18. The fraction of sp³-hybridized carbons (Fsp3) is 0.571. The average Bonchev–Trinajstić information content (AvgIpc) is 2.44. The Bertz CT molecular complexity index is 286. The zero-order chi connectivity index (χ0) is 9.38. The fourth-order valence-corrected chi connectivity index (χ4v) is 3.39. The van der Waals surface area contributed by atoms with Crippen molar-refractivity contribution in [2.24, 2.45) is 0 Å². The van der Waals surface area contributed by atoms with E-state index in [9.17, 15) is 0 Å². The Morgan fingerprint density at radius 2 is 1.14 bits per heavy atom. The number of hydrogen-bond donors (Lipinski definition) is 0. The maximum Gasteiger partial charge on any atom is -0.0159 e. The van der Waals surface area contributed by atoms with E-state index in [0.29, 0.717) is 0 Å². The molecule has 2 bridgehead atoms. The predicted octanol–water partition coefficient (Wildman–Crippen LogP) is 4.22. The third kappa shape index (κ3) is 1.28.